The Morgan fingerprint density at radius 1 is 1.33 bits per heavy atom. The monoisotopic (exact) mass is 312 g/mol. The third kappa shape index (κ3) is 2.93. The Morgan fingerprint density at radius 3 is 2.38 bits per heavy atom. The topological polar surface area (TPSA) is 71.3 Å². The molecule has 0 spiro atoms. The highest BCUT2D eigenvalue weighted by Crippen LogP contribution is 2.38. The number of carboxylic acids is 1. The Balaban J connectivity index is 2.23. The van der Waals surface area contributed by atoms with Gasteiger partial charge in [0, 0.05) is 12.2 Å². The smallest absolute Gasteiger partial charge is 0.311 e. The van der Waals surface area contributed by atoms with Crippen LogP contribution in [0.4, 0.5) is 0 Å². The summed E-state index contributed by atoms with van der Waals surface area (Å²) in [6, 6.07) is 1.95. The summed E-state index contributed by atoms with van der Waals surface area (Å²) < 4.78 is 1.88. The van der Waals surface area contributed by atoms with Gasteiger partial charge in [-0.3, -0.25) is 9.59 Å². The molecule has 1 amide bonds. The number of amides is 1. The molecule has 116 valence electrons. The molecule has 0 atom stereocenters. The zero-order chi connectivity index (χ0) is 16.0. The van der Waals surface area contributed by atoms with Crippen LogP contribution in [-0.4, -0.2) is 27.1 Å². The SMILES string of the molecule is CC(C)(NC(=O)c1cc(Cl)cn1C1CC1)C(C)(C)C(=O)O. The van der Waals surface area contributed by atoms with E-state index < -0.39 is 16.9 Å². The Hall–Kier alpha value is -1.49. The zero-order valence-corrected chi connectivity index (χ0v) is 13.5. The molecule has 1 fully saturated rings. The lowest BCUT2D eigenvalue weighted by molar-refractivity contribution is -0.150. The van der Waals surface area contributed by atoms with Gasteiger partial charge >= 0.3 is 5.97 Å². The molecule has 6 heteroatoms. The van der Waals surface area contributed by atoms with Crippen LogP contribution in [0.25, 0.3) is 0 Å². The van der Waals surface area contributed by atoms with Gasteiger partial charge in [-0.2, -0.15) is 0 Å². The van der Waals surface area contributed by atoms with Gasteiger partial charge in [-0.25, -0.2) is 0 Å². The van der Waals surface area contributed by atoms with Crippen LogP contribution in [-0.2, 0) is 4.79 Å². The van der Waals surface area contributed by atoms with Gasteiger partial charge in [0.05, 0.1) is 16.0 Å². The molecule has 1 aromatic heterocycles. The number of carboxylic acid groups (broad SMARTS) is 1. The number of aliphatic carboxylic acids is 1. The van der Waals surface area contributed by atoms with Crippen molar-refractivity contribution in [3.05, 3.63) is 23.0 Å². The van der Waals surface area contributed by atoms with Gasteiger partial charge in [-0.05, 0) is 46.6 Å². The Labute approximate surface area is 129 Å². The van der Waals surface area contributed by atoms with Crippen molar-refractivity contribution in [3.8, 4) is 0 Å². The minimum atomic E-state index is -1.09. The minimum Gasteiger partial charge on any atom is -0.481 e. The maximum Gasteiger partial charge on any atom is 0.311 e. The van der Waals surface area contributed by atoms with E-state index in [0.29, 0.717) is 16.8 Å². The number of hydrogen-bond acceptors (Lipinski definition) is 2. The van der Waals surface area contributed by atoms with Gasteiger partial charge in [0.25, 0.3) is 5.91 Å². The average Bonchev–Trinajstić information content (AvgIpc) is 3.11. The van der Waals surface area contributed by atoms with E-state index in [-0.39, 0.29) is 5.91 Å². The van der Waals surface area contributed by atoms with E-state index in [0.717, 1.165) is 12.8 Å². The van der Waals surface area contributed by atoms with E-state index in [2.05, 4.69) is 5.32 Å². The first-order chi connectivity index (χ1) is 9.56. The number of aromatic nitrogens is 1. The first-order valence-corrected chi connectivity index (χ1v) is 7.37. The Bertz CT molecular complexity index is 586. The second-order valence-electron chi connectivity index (χ2n) is 6.69. The van der Waals surface area contributed by atoms with Crippen molar-refractivity contribution in [3.63, 3.8) is 0 Å². The number of carbonyl (C=O) groups excluding carboxylic acids is 1. The first-order valence-electron chi connectivity index (χ1n) is 6.99. The zero-order valence-electron chi connectivity index (χ0n) is 12.7. The molecule has 1 aliphatic rings. The number of rotatable bonds is 5. The molecule has 2 N–H and O–H groups in total. The molecule has 5 nitrogen and oxygen atoms in total. The van der Waals surface area contributed by atoms with E-state index in [4.69, 9.17) is 11.6 Å². The Morgan fingerprint density at radius 2 is 1.90 bits per heavy atom. The molecule has 2 rings (SSSR count). The maximum atomic E-state index is 12.5. The van der Waals surface area contributed by atoms with Gasteiger partial charge in [0.15, 0.2) is 0 Å². The van der Waals surface area contributed by atoms with Crippen LogP contribution in [0.1, 0.15) is 57.1 Å². The van der Waals surface area contributed by atoms with Crippen molar-refractivity contribution in [1.82, 2.24) is 9.88 Å². The summed E-state index contributed by atoms with van der Waals surface area (Å²) in [5, 5.41) is 12.7. The van der Waals surface area contributed by atoms with Gasteiger partial charge in [-0.15, -0.1) is 0 Å². The highest BCUT2D eigenvalue weighted by molar-refractivity contribution is 6.31. The third-order valence-electron chi connectivity index (χ3n) is 4.51. The minimum absolute atomic E-state index is 0.298. The number of carbonyl (C=O) groups is 2. The van der Waals surface area contributed by atoms with Crippen molar-refractivity contribution >= 4 is 23.5 Å². The normalized spacial score (nSPS) is 15.9. The van der Waals surface area contributed by atoms with Crippen molar-refractivity contribution in [2.75, 3.05) is 0 Å². The number of halogens is 1. The fourth-order valence-corrected chi connectivity index (χ4v) is 2.26. The van der Waals surface area contributed by atoms with Crippen LogP contribution >= 0.6 is 11.6 Å². The molecule has 0 aliphatic heterocycles. The molecule has 0 aromatic carbocycles. The van der Waals surface area contributed by atoms with Gasteiger partial charge in [0.2, 0.25) is 0 Å². The molecule has 0 radical (unpaired) electrons. The molecular formula is C15H21ClN2O3. The Kier molecular flexibility index (Phi) is 3.82. The molecule has 0 unspecified atom stereocenters. The molecule has 1 aliphatic carbocycles. The summed E-state index contributed by atoms with van der Waals surface area (Å²) in [7, 11) is 0. The van der Waals surface area contributed by atoms with E-state index in [1.165, 1.54) is 0 Å². The third-order valence-corrected chi connectivity index (χ3v) is 4.72. The van der Waals surface area contributed by atoms with Gasteiger partial charge < -0.3 is 15.0 Å². The quantitative estimate of drug-likeness (QED) is 0.877. The average molecular weight is 313 g/mol. The summed E-state index contributed by atoms with van der Waals surface area (Å²) in [6.07, 6.45) is 3.83. The standard InChI is InChI=1S/C15H21ClN2O3/c1-14(2,13(20)21)15(3,4)17-12(19)11-7-9(16)8-18(11)10-5-6-10/h7-8,10H,5-6H2,1-4H3,(H,17,19)(H,20,21). The van der Waals surface area contributed by atoms with Gasteiger partial charge in [0.1, 0.15) is 5.69 Å². The molecule has 1 saturated carbocycles. The lowest BCUT2D eigenvalue weighted by Crippen LogP contribution is -2.57. The largest absolute Gasteiger partial charge is 0.481 e. The molecule has 0 bridgehead atoms. The van der Waals surface area contributed by atoms with Crippen LogP contribution in [0.3, 0.4) is 0 Å². The van der Waals surface area contributed by atoms with Crippen LogP contribution in [0, 0.1) is 5.41 Å². The van der Waals surface area contributed by atoms with E-state index >= 15 is 0 Å². The van der Waals surface area contributed by atoms with E-state index in [9.17, 15) is 14.7 Å². The lowest BCUT2D eigenvalue weighted by atomic mass is 9.74. The van der Waals surface area contributed by atoms with Crippen molar-refractivity contribution in [2.24, 2.45) is 5.41 Å². The summed E-state index contributed by atoms with van der Waals surface area (Å²) >= 11 is 6.00. The van der Waals surface area contributed by atoms with Crippen molar-refractivity contribution in [2.45, 2.75) is 52.1 Å². The summed E-state index contributed by atoms with van der Waals surface area (Å²) in [4.78, 5) is 23.9. The lowest BCUT2D eigenvalue weighted by Gasteiger charge is -2.38. The van der Waals surface area contributed by atoms with Crippen LogP contribution < -0.4 is 5.32 Å². The second kappa shape index (κ2) is 5.05. The summed E-state index contributed by atoms with van der Waals surface area (Å²) in [5.41, 5.74) is -1.51. The van der Waals surface area contributed by atoms with Gasteiger partial charge in [-0.1, -0.05) is 11.6 Å². The van der Waals surface area contributed by atoms with E-state index in [1.807, 2.05) is 4.57 Å². The molecular weight excluding hydrogens is 292 g/mol. The summed E-state index contributed by atoms with van der Waals surface area (Å²) in [6.45, 7) is 6.63. The number of hydrogen-bond donors (Lipinski definition) is 2. The molecule has 21 heavy (non-hydrogen) atoms. The van der Waals surface area contributed by atoms with Crippen molar-refractivity contribution < 1.29 is 14.7 Å². The fourth-order valence-electron chi connectivity index (χ4n) is 2.05. The molecule has 0 saturated heterocycles. The van der Waals surface area contributed by atoms with Crippen LogP contribution in [0.15, 0.2) is 12.3 Å². The number of nitrogens with one attached hydrogen (secondary N) is 1. The number of nitrogens with zero attached hydrogens (tertiary/aromatic N) is 1. The van der Waals surface area contributed by atoms with Crippen LogP contribution in [0.2, 0.25) is 5.02 Å². The second-order valence-corrected chi connectivity index (χ2v) is 7.13. The fraction of sp³-hybridized carbons (Fsp3) is 0.600. The first kappa shape index (κ1) is 15.9. The van der Waals surface area contributed by atoms with E-state index in [1.54, 1.807) is 40.0 Å². The van der Waals surface area contributed by atoms with Crippen molar-refractivity contribution in [1.29, 1.82) is 0 Å². The molecule has 1 heterocycles. The van der Waals surface area contributed by atoms with Crippen LogP contribution in [0.5, 0.6) is 0 Å². The maximum absolute atomic E-state index is 12.5. The summed E-state index contributed by atoms with van der Waals surface area (Å²) in [5.74, 6) is -1.25. The highest BCUT2D eigenvalue weighted by atomic mass is 35.5. The highest BCUT2D eigenvalue weighted by Gasteiger charge is 2.45. The predicted molar refractivity (Wildman–Crippen MR) is 80.7 cm³/mol. The molecule has 1 aromatic rings. The predicted octanol–water partition coefficient (Wildman–Crippen LogP) is 3.10.